The number of rotatable bonds is 4. The zero-order valence-corrected chi connectivity index (χ0v) is 16.7. The molecular formula is C21H20N4O2S. The maximum atomic E-state index is 11.9. The highest BCUT2D eigenvalue weighted by Gasteiger charge is 2.14. The van der Waals surface area contributed by atoms with Crippen molar-refractivity contribution in [3.05, 3.63) is 67.3 Å². The Morgan fingerprint density at radius 2 is 1.64 bits per heavy atom. The second kappa shape index (κ2) is 6.76. The average Bonchev–Trinajstić information content (AvgIpc) is 3.12. The van der Waals surface area contributed by atoms with Crippen molar-refractivity contribution in [3.63, 3.8) is 0 Å². The lowest BCUT2D eigenvalue weighted by Gasteiger charge is -2.18. The lowest BCUT2D eigenvalue weighted by atomic mass is 9.98. The molecule has 6 nitrogen and oxygen atoms in total. The maximum Gasteiger partial charge on any atom is 0.231 e. The molecule has 28 heavy (non-hydrogen) atoms. The van der Waals surface area contributed by atoms with Gasteiger partial charge in [-0.05, 0) is 28.6 Å². The van der Waals surface area contributed by atoms with Gasteiger partial charge in [0.2, 0.25) is 10.0 Å². The van der Waals surface area contributed by atoms with E-state index in [0.717, 1.165) is 33.0 Å². The van der Waals surface area contributed by atoms with Crippen LogP contribution >= 0.6 is 0 Å². The molecule has 0 N–H and O–H groups in total. The third-order valence-electron chi connectivity index (χ3n) is 4.84. The van der Waals surface area contributed by atoms with Gasteiger partial charge in [0, 0.05) is 49.2 Å². The van der Waals surface area contributed by atoms with Crippen LogP contribution in [0.1, 0.15) is 0 Å². The number of pyridine rings is 1. The van der Waals surface area contributed by atoms with Gasteiger partial charge in [0.1, 0.15) is 0 Å². The Morgan fingerprint density at radius 1 is 0.929 bits per heavy atom. The van der Waals surface area contributed by atoms with Crippen molar-refractivity contribution >= 4 is 26.5 Å². The maximum absolute atomic E-state index is 11.9. The first-order chi connectivity index (χ1) is 13.3. The molecule has 2 aromatic heterocycles. The van der Waals surface area contributed by atoms with E-state index in [9.17, 15) is 8.42 Å². The Labute approximate surface area is 164 Å². The van der Waals surface area contributed by atoms with Crippen molar-refractivity contribution in [2.75, 3.05) is 17.6 Å². The highest BCUT2D eigenvalue weighted by atomic mass is 32.2. The number of benzene rings is 2. The van der Waals surface area contributed by atoms with Crippen LogP contribution in [0.2, 0.25) is 0 Å². The molecule has 4 rings (SSSR count). The molecule has 4 aromatic rings. The summed E-state index contributed by atoms with van der Waals surface area (Å²) in [5, 5.41) is 6.13. The molecule has 0 saturated carbocycles. The fraction of sp³-hybridized carbons (Fsp3) is 0.143. The number of hydrogen-bond donors (Lipinski definition) is 0. The van der Waals surface area contributed by atoms with Crippen LogP contribution in [0.15, 0.2) is 67.3 Å². The first-order valence-electron chi connectivity index (χ1n) is 8.74. The Hall–Kier alpha value is -3.19. The van der Waals surface area contributed by atoms with E-state index in [2.05, 4.69) is 22.2 Å². The number of hydrogen-bond acceptors (Lipinski definition) is 4. The van der Waals surface area contributed by atoms with Crippen LogP contribution in [-0.2, 0) is 17.1 Å². The lowest BCUT2D eigenvalue weighted by Crippen LogP contribution is -2.24. The van der Waals surface area contributed by atoms with Gasteiger partial charge >= 0.3 is 0 Å². The zero-order valence-electron chi connectivity index (χ0n) is 15.9. The predicted molar refractivity (Wildman–Crippen MR) is 113 cm³/mol. The van der Waals surface area contributed by atoms with E-state index in [0.29, 0.717) is 5.69 Å². The van der Waals surface area contributed by atoms with E-state index in [1.54, 1.807) is 24.0 Å². The van der Waals surface area contributed by atoms with Gasteiger partial charge in [-0.25, -0.2) is 8.42 Å². The van der Waals surface area contributed by atoms with Crippen LogP contribution in [0.4, 0.5) is 5.69 Å². The van der Waals surface area contributed by atoms with Crippen LogP contribution in [0.25, 0.3) is 33.0 Å². The van der Waals surface area contributed by atoms with Crippen LogP contribution in [0.5, 0.6) is 0 Å². The van der Waals surface area contributed by atoms with Crippen LogP contribution in [0, 0.1) is 0 Å². The summed E-state index contributed by atoms with van der Waals surface area (Å²) in [6.07, 6.45) is 8.60. The van der Waals surface area contributed by atoms with Gasteiger partial charge in [0.05, 0.1) is 18.1 Å². The fourth-order valence-electron chi connectivity index (χ4n) is 3.18. The predicted octanol–water partition coefficient (Wildman–Crippen LogP) is 3.70. The highest BCUT2D eigenvalue weighted by molar-refractivity contribution is 7.92. The summed E-state index contributed by atoms with van der Waals surface area (Å²) in [5.74, 6) is 0. The summed E-state index contributed by atoms with van der Waals surface area (Å²) in [6.45, 7) is 0. The van der Waals surface area contributed by atoms with Crippen molar-refractivity contribution in [1.82, 2.24) is 14.8 Å². The summed E-state index contributed by atoms with van der Waals surface area (Å²) in [5.41, 5.74) is 4.74. The third-order valence-corrected chi connectivity index (χ3v) is 6.05. The monoisotopic (exact) mass is 392 g/mol. The first-order valence-corrected chi connectivity index (χ1v) is 10.6. The van der Waals surface area contributed by atoms with Crippen molar-refractivity contribution in [1.29, 1.82) is 0 Å². The summed E-state index contributed by atoms with van der Waals surface area (Å²) in [4.78, 5) is 4.35. The lowest BCUT2D eigenvalue weighted by molar-refractivity contribution is 0.600. The number of anilines is 1. The molecule has 0 fully saturated rings. The number of aryl methyl sites for hydroxylation is 1. The summed E-state index contributed by atoms with van der Waals surface area (Å²) in [6, 6.07) is 13.8. The van der Waals surface area contributed by atoms with E-state index >= 15 is 0 Å². The number of nitrogens with zero attached hydrogens (tertiary/aromatic N) is 4. The average molecular weight is 392 g/mol. The van der Waals surface area contributed by atoms with Gasteiger partial charge in [-0.15, -0.1) is 0 Å². The highest BCUT2D eigenvalue weighted by Crippen LogP contribution is 2.32. The molecule has 0 radical (unpaired) electrons. The second-order valence-electron chi connectivity index (χ2n) is 6.80. The summed E-state index contributed by atoms with van der Waals surface area (Å²) in [7, 11) is 0.123. The molecule has 2 aromatic carbocycles. The SMILES string of the molecule is CN(c1ccc2cncc(-c3ccc(-c4cnn(C)c4)cc3)c2c1)S(C)(=O)=O. The smallest absolute Gasteiger partial charge is 0.231 e. The molecule has 0 bridgehead atoms. The molecule has 0 unspecified atom stereocenters. The minimum absolute atomic E-state index is 0.620. The molecule has 142 valence electrons. The quantitative estimate of drug-likeness (QED) is 0.531. The van der Waals surface area contributed by atoms with E-state index in [1.165, 1.54) is 10.6 Å². The van der Waals surface area contributed by atoms with Gasteiger partial charge < -0.3 is 0 Å². The zero-order chi connectivity index (χ0) is 19.9. The Bertz CT molecular complexity index is 1260. The molecule has 0 aliphatic heterocycles. The Morgan fingerprint density at radius 3 is 2.29 bits per heavy atom. The van der Waals surface area contributed by atoms with Crippen molar-refractivity contribution < 1.29 is 8.42 Å². The number of fused-ring (bicyclic) bond motifs is 1. The molecule has 0 atom stereocenters. The molecular weight excluding hydrogens is 372 g/mol. The van der Waals surface area contributed by atoms with Crippen molar-refractivity contribution in [3.8, 4) is 22.3 Å². The molecule has 0 aliphatic rings. The molecule has 0 aliphatic carbocycles. The normalized spacial score (nSPS) is 11.7. The van der Waals surface area contributed by atoms with Crippen molar-refractivity contribution in [2.24, 2.45) is 7.05 Å². The third kappa shape index (κ3) is 3.36. The Kier molecular flexibility index (Phi) is 4.39. The summed E-state index contributed by atoms with van der Waals surface area (Å²) < 4.78 is 26.9. The minimum atomic E-state index is -3.33. The van der Waals surface area contributed by atoms with Crippen LogP contribution in [0.3, 0.4) is 0 Å². The first kappa shape index (κ1) is 18.2. The van der Waals surface area contributed by atoms with Gasteiger partial charge in [0.25, 0.3) is 0 Å². The molecule has 7 heteroatoms. The Balaban J connectivity index is 1.79. The van der Waals surface area contributed by atoms with Gasteiger partial charge in [-0.1, -0.05) is 30.3 Å². The van der Waals surface area contributed by atoms with Gasteiger partial charge in [-0.2, -0.15) is 5.10 Å². The van der Waals surface area contributed by atoms with E-state index in [-0.39, 0.29) is 0 Å². The minimum Gasteiger partial charge on any atom is -0.275 e. The van der Waals surface area contributed by atoms with Gasteiger partial charge in [-0.3, -0.25) is 14.0 Å². The number of sulfonamides is 1. The topological polar surface area (TPSA) is 68.1 Å². The van der Waals surface area contributed by atoms with E-state index in [1.807, 2.05) is 49.9 Å². The van der Waals surface area contributed by atoms with Crippen LogP contribution < -0.4 is 4.31 Å². The number of aromatic nitrogens is 3. The second-order valence-corrected chi connectivity index (χ2v) is 8.82. The molecule has 2 heterocycles. The molecule has 0 amide bonds. The summed E-state index contributed by atoms with van der Waals surface area (Å²) >= 11 is 0. The largest absolute Gasteiger partial charge is 0.275 e. The van der Waals surface area contributed by atoms with Gasteiger partial charge in [0.15, 0.2) is 0 Å². The molecule has 0 spiro atoms. The standard InChI is InChI=1S/C21H20N4O2S/c1-24-14-18(12-23-24)15-4-6-16(7-5-15)21-13-22-11-17-8-9-19(10-20(17)21)25(2)28(3,26)27/h4-14H,1-3H3. The molecule has 0 saturated heterocycles. The van der Waals surface area contributed by atoms with Crippen LogP contribution in [-0.4, -0.2) is 36.5 Å². The fourth-order valence-corrected chi connectivity index (χ4v) is 3.68. The van der Waals surface area contributed by atoms with Crippen molar-refractivity contribution in [2.45, 2.75) is 0 Å². The van der Waals surface area contributed by atoms with E-state index in [4.69, 9.17) is 0 Å². The van der Waals surface area contributed by atoms with E-state index < -0.39 is 10.0 Å².